The molecule has 2 aromatic carbocycles. The van der Waals surface area contributed by atoms with E-state index < -0.39 is 5.41 Å². The van der Waals surface area contributed by atoms with Crippen molar-refractivity contribution in [3.05, 3.63) is 59.7 Å². The fourth-order valence-electron chi connectivity index (χ4n) is 3.06. The number of hydrogen-bond acceptors (Lipinski definition) is 2. The van der Waals surface area contributed by atoms with E-state index >= 15 is 0 Å². The number of aromatic hydroxyl groups is 2. The molecule has 0 spiro atoms. The number of para-hydroxylation sites is 2. The predicted molar refractivity (Wildman–Crippen MR) is 82.1 cm³/mol. The molecule has 0 atom stereocenters. The Morgan fingerprint density at radius 2 is 1.25 bits per heavy atom. The fraction of sp³-hybridized carbons (Fsp3) is 0.333. The van der Waals surface area contributed by atoms with Crippen molar-refractivity contribution in [1.29, 1.82) is 0 Å². The molecule has 0 aromatic heterocycles. The largest absolute Gasteiger partial charge is 0.508 e. The molecular weight excluding hydrogens is 248 g/mol. The third kappa shape index (κ3) is 2.64. The summed E-state index contributed by atoms with van der Waals surface area (Å²) in [6, 6.07) is 14.8. The maximum Gasteiger partial charge on any atom is 0.119 e. The third-order valence-electron chi connectivity index (χ3n) is 3.81. The number of hydrogen-bond donors (Lipinski definition) is 2. The highest BCUT2D eigenvalue weighted by molar-refractivity contribution is 5.50. The van der Waals surface area contributed by atoms with Crippen LogP contribution in [0.4, 0.5) is 0 Å². The minimum atomic E-state index is -0.412. The quantitative estimate of drug-likeness (QED) is 0.861. The van der Waals surface area contributed by atoms with Gasteiger partial charge in [0.15, 0.2) is 0 Å². The van der Waals surface area contributed by atoms with Crippen LogP contribution in [-0.2, 0) is 5.41 Å². The number of phenols is 2. The molecule has 20 heavy (non-hydrogen) atoms. The molecule has 2 aromatic rings. The van der Waals surface area contributed by atoms with E-state index in [1.165, 1.54) is 0 Å². The standard InChI is InChI=1S/C18H22O2/c1-13(2)12-18(3,14-8-4-6-10-16(14)19)15-9-5-7-11-17(15)20/h4-11,13,19-20H,12H2,1-3H3. The van der Waals surface area contributed by atoms with Crippen LogP contribution in [0.1, 0.15) is 38.3 Å². The first-order valence-corrected chi connectivity index (χ1v) is 7.02. The molecule has 0 saturated heterocycles. The van der Waals surface area contributed by atoms with E-state index in [2.05, 4.69) is 20.8 Å². The normalized spacial score (nSPS) is 11.8. The van der Waals surface area contributed by atoms with Crippen LogP contribution in [0.3, 0.4) is 0 Å². The van der Waals surface area contributed by atoms with Crippen LogP contribution in [0, 0.1) is 5.92 Å². The van der Waals surface area contributed by atoms with E-state index in [0.717, 1.165) is 17.5 Å². The summed E-state index contributed by atoms with van der Waals surface area (Å²) in [4.78, 5) is 0. The van der Waals surface area contributed by atoms with E-state index in [0.29, 0.717) is 5.92 Å². The maximum absolute atomic E-state index is 10.2. The Kier molecular flexibility index (Phi) is 4.03. The molecule has 0 fully saturated rings. The van der Waals surface area contributed by atoms with Gasteiger partial charge in [-0.15, -0.1) is 0 Å². The summed E-state index contributed by atoms with van der Waals surface area (Å²) in [7, 11) is 0. The lowest BCUT2D eigenvalue weighted by Crippen LogP contribution is -2.26. The lowest BCUT2D eigenvalue weighted by molar-refractivity contribution is 0.381. The van der Waals surface area contributed by atoms with Gasteiger partial charge in [-0.05, 0) is 24.5 Å². The highest BCUT2D eigenvalue weighted by atomic mass is 16.3. The first kappa shape index (κ1) is 14.4. The minimum absolute atomic E-state index is 0.277. The highest BCUT2D eigenvalue weighted by Crippen LogP contribution is 2.44. The van der Waals surface area contributed by atoms with Crippen LogP contribution in [0.25, 0.3) is 0 Å². The van der Waals surface area contributed by atoms with Crippen molar-refractivity contribution in [2.75, 3.05) is 0 Å². The van der Waals surface area contributed by atoms with E-state index in [4.69, 9.17) is 0 Å². The van der Waals surface area contributed by atoms with Crippen molar-refractivity contribution in [2.45, 2.75) is 32.6 Å². The van der Waals surface area contributed by atoms with Gasteiger partial charge in [0.05, 0.1) is 0 Å². The first-order valence-electron chi connectivity index (χ1n) is 7.02. The topological polar surface area (TPSA) is 40.5 Å². The van der Waals surface area contributed by atoms with Gasteiger partial charge in [-0.2, -0.15) is 0 Å². The molecule has 2 N–H and O–H groups in total. The third-order valence-corrected chi connectivity index (χ3v) is 3.81. The summed E-state index contributed by atoms with van der Waals surface area (Å²) in [5, 5.41) is 20.5. The Morgan fingerprint density at radius 3 is 1.60 bits per heavy atom. The first-order chi connectivity index (χ1) is 9.45. The average molecular weight is 270 g/mol. The second-order valence-corrected chi connectivity index (χ2v) is 5.96. The zero-order chi connectivity index (χ0) is 14.8. The maximum atomic E-state index is 10.2. The van der Waals surface area contributed by atoms with Crippen LogP contribution in [0.15, 0.2) is 48.5 Å². The number of benzene rings is 2. The molecule has 0 saturated carbocycles. The van der Waals surface area contributed by atoms with Gasteiger partial charge in [-0.3, -0.25) is 0 Å². The molecule has 0 radical (unpaired) electrons. The Balaban J connectivity index is 2.63. The summed E-state index contributed by atoms with van der Waals surface area (Å²) < 4.78 is 0. The molecule has 2 rings (SSSR count). The van der Waals surface area contributed by atoms with Crippen molar-refractivity contribution < 1.29 is 10.2 Å². The van der Waals surface area contributed by atoms with Crippen molar-refractivity contribution in [1.82, 2.24) is 0 Å². The van der Waals surface area contributed by atoms with Crippen molar-refractivity contribution in [3.63, 3.8) is 0 Å². The summed E-state index contributed by atoms with van der Waals surface area (Å²) in [6.07, 6.45) is 0.849. The Bertz CT molecular complexity index is 542. The SMILES string of the molecule is CC(C)CC(C)(c1ccccc1O)c1ccccc1O. The molecule has 0 aliphatic carbocycles. The molecule has 0 unspecified atom stereocenters. The van der Waals surface area contributed by atoms with Gasteiger partial charge in [0, 0.05) is 16.5 Å². The predicted octanol–water partition coefficient (Wildman–Crippen LogP) is 4.45. The molecule has 2 heteroatoms. The average Bonchev–Trinajstić information content (AvgIpc) is 2.38. The lowest BCUT2D eigenvalue weighted by Gasteiger charge is -2.33. The van der Waals surface area contributed by atoms with E-state index in [-0.39, 0.29) is 11.5 Å². The van der Waals surface area contributed by atoms with Crippen LogP contribution < -0.4 is 0 Å². The zero-order valence-corrected chi connectivity index (χ0v) is 12.3. The number of phenolic OH excluding ortho intramolecular Hbond substituents is 2. The van der Waals surface area contributed by atoms with Crippen LogP contribution in [0.2, 0.25) is 0 Å². The molecule has 0 aliphatic rings. The molecule has 0 amide bonds. The van der Waals surface area contributed by atoms with Crippen LogP contribution in [0.5, 0.6) is 11.5 Å². The summed E-state index contributed by atoms with van der Waals surface area (Å²) in [6.45, 7) is 6.38. The molecule has 0 aliphatic heterocycles. The fourth-order valence-corrected chi connectivity index (χ4v) is 3.06. The van der Waals surface area contributed by atoms with Gasteiger partial charge < -0.3 is 10.2 Å². The smallest absolute Gasteiger partial charge is 0.119 e. The lowest BCUT2D eigenvalue weighted by atomic mass is 9.70. The van der Waals surface area contributed by atoms with Crippen LogP contribution >= 0.6 is 0 Å². The monoisotopic (exact) mass is 270 g/mol. The van der Waals surface area contributed by atoms with Gasteiger partial charge in [0.25, 0.3) is 0 Å². The second kappa shape index (κ2) is 5.58. The summed E-state index contributed by atoms with van der Waals surface area (Å²) in [5.41, 5.74) is 1.30. The zero-order valence-electron chi connectivity index (χ0n) is 12.3. The number of rotatable bonds is 4. The van der Waals surface area contributed by atoms with Gasteiger partial charge >= 0.3 is 0 Å². The molecule has 106 valence electrons. The van der Waals surface area contributed by atoms with E-state index in [1.54, 1.807) is 12.1 Å². The molecule has 2 nitrogen and oxygen atoms in total. The minimum Gasteiger partial charge on any atom is -0.508 e. The van der Waals surface area contributed by atoms with Gasteiger partial charge in [-0.1, -0.05) is 57.2 Å². The summed E-state index contributed by atoms with van der Waals surface area (Å²) in [5.74, 6) is 0.997. The van der Waals surface area contributed by atoms with E-state index in [1.807, 2.05) is 36.4 Å². The van der Waals surface area contributed by atoms with Crippen molar-refractivity contribution in [3.8, 4) is 11.5 Å². The second-order valence-electron chi connectivity index (χ2n) is 5.96. The van der Waals surface area contributed by atoms with Gasteiger partial charge in [0.2, 0.25) is 0 Å². The van der Waals surface area contributed by atoms with Crippen molar-refractivity contribution in [2.24, 2.45) is 5.92 Å². The van der Waals surface area contributed by atoms with Gasteiger partial charge in [0.1, 0.15) is 11.5 Å². The van der Waals surface area contributed by atoms with Gasteiger partial charge in [-0.25, -0.2) is 0 Å². The van der Waals surface area contributed by atoms with E-state index in [9.17, 15) is 10.2 Å². The highest BCUT2D eigenvalue weighted by Gasteiger charge is 2.34. The molecule has 0 bridgehead atoms. The molecule has 0 heterocycles. The van der Waals surface area contributed by atoms with Crippen molar-refractivity contribution >= 4 is 0 Å². The molecular formula is C18H22O2. The Labute approximate surface area is 120 Å². The Morgan fingerprint density at radius 1 is 0.850 bits per heavy atom. The summed E-state index contributed by atoms with van der Waals surface area (Å²) >= 11 is 0. The van der Waals surface area contributed by atoms with Crippen LogP contribution in [-0.4, -0.2) is 10.2 Å². The Hall–Kier alpha value is -1.96.